The minimum Gasteiger partial charge on any atom is -0.506 e. The smallest absolute Gasteiger partial charge is 0.279 e. The lowest BCUT2D eigenvalue weighted by molar-refractivity contribution is -0.383. The third kappa shape index (κ3) is 3.46. The summed E-state index contributed by atoms with van der Waals surface area (Å²) in [6.07, 6.45) is 2.96. The number of hydrogen-bond donors (Lipinski definition) is 2. The van der Waals surface area contributed by atoms with E-state index in [0.717, 1.165) is 0 Å². The van der Waals surface area contributed by atoms with Crippen molar-refractivity contribution in [2.24, 2.45) is 0 Å². The number of aromatic hydroxyl groups is 2. The van der Waals surface area contributed by atoms with Crippen LogP contribution >= 0.6 is 0 Å². The lowest BCUT2D eigenvalue weighted by Crippen LogP contribution is -1.90. The van der Waals surface area contributed by atoms with Crippen molar-refractivity contribution < 1.29 is 20.1 Å². The van der Waals surface area contributed by atoms with E-state index in [2.05, 4.69) is 9.97 Å². The van der Waals surface area contributed by atoms with Gasteiger partial charge in [0.05, 0.1) is 20.6 Å². The molecule has 0 atom stereocenters. The van der Waals surface area contributed by atoms with Crippen LogP contribution in [0.15, 0.2) is 60.9 Å². The van der Waals surface area contributed by atoms with Crippen LogP contribution < -0.4 is 0 Å². The summed E-state index contributed by atoms with van der Waals surface area (Å²) < 4.78 is 0. The first-order chi connectivity index (χ1) is 13.4. The molecular weight excluding hydrogens is 368 g/mol. The Bertz CT molecular complexity index is 1120. The molecule has 10 heteroatoms. The van der Waals surface area contributed by atoms with Gasteiger partial charge in [-0.2, -0.15) is 0 Å². The van der Waals surface area contributed by atoms with Crippen LogP contribution in [0.4, 0.5) is 11.4 Å². The first-order valence-corrected chi connectivity index (χ1v) is 7.82. The van der Waals surface area contributed by atoms with E-state index >= 15 is 0 Å². The minimum atomic E-state index is -0.497. The number of nitro benzene ring substituents is 2. The highest BCUT2D eigenvalue weighted by molar-refractivity contribution is 5.92. The van der Waals surface area contributed by atoms with E-state index in [4.69, 9.17) is 0 Å². The number of non-ortho nitro benzene ring substituents is 2. The summed E-state index contributed by atoms with van der Waals surface area (Å²) in [5, 5.41) is 40.7. The summed E-state index contributed by atoms with van der Waals surface area (Å²) in [5.41, 5.74) is 0.403. The van der Waals surface area contributed by atoms with Gasteiger partial charge in [-0.3, -0.25) is 30.2 Å². The van der Waals surface area contributed by atoms with Gasteiger partial charge in [0.1, 0.15) is 22.5 Å². The topological polar surface area (TPSA) is 153 Å². The molecule has 0 aliphatic rings. The zero-order valence-corrected chi connectivity index (χ0v) is 14.1. The van der Waals surface area contributed by atoms with Crippen molar-refractivity contribution in [3.05, 3.63) is 81.2 Å². The number of pyridine rings is 2. The number of nitro groups is 2. The molecule has 140 valence electrons. The fourth-order valence-corrected chi connectivity index (χ4v) is 2.60. The van der Waals surface area contributed by atoms with Gasteiger partial charge >= 0.3 is 0 Å². The van der Waals surface area contributed by atoms with Crippen LogP contribution in [0.2, 0.25) is 0 Å². The molecular formula is C18H12N4O6. The normalized spacial score (nSPS) is 10.3. The highest BCUT2D eigenvalue weighted by atomic mass is 16.6. The quantitative estimate of drug-likeness (QED) is 0.394. The molecule has 2 heterocycles. The second kappa shape index (κ2) is 7.50. The zero-order chi connectivity index (χ0) is 20.3. The van der Waals surface area contributed by atoms with Gasteiger partial charge < -0.3 is 10.2 Å². The first kappa shape index (κ1) is 18.5. The molecule has 0 fully saturated rings. The van der Waals surface area contributed by atoms with Crippen LogP contribution in [-0.2, 0) is 0 Å². The lowest BCUT2D eigenvalue weighted by Gasteiger charge is -1.99. The Morgan fingerprint density at radius 1 is 0.679 bits per heavy atom. The number of benzene rings is 2. The zero-order valence-electron chi connectivity index (χ0n) is 14.1. The first-order valence-electron chi connectivity index (χ1n) is 7.82. The Labute approximate surface area is 156 Å². The summed E-state index contributed by atoms with van der Waals surface area (Å²) >= 11 is 0. The molecule has 2 aromatic heterocycles. The van der Waals surface area contributed by atoms with Crippen molar-refractivity contribution >= 4 is 33.2 Å². The van der Waals surface area contributed by atoms with Gasteiger partial charge in [0.15, 0.2) is 0 Å². The van der Waals surface area contributed by atoms with Gasteiger partial charge in [-0.1, -0.05) is 0 Å². The fraction of sp³-hybridized carbons (Fsp3) is 0. The third-order valence-corrected chi connectivity index (χ3v) is 3.84. The van der Waals surface area contributed by atoms with Crippen LogP contribution in [-0.4, -0.2) is 30.0 Å². The molecule has 0 aliphatic carbocycles. The average Bonchev–Trinajstić information content (AvgIpc) is 2.69. The molecule has 0 radical (unpaired) electrons. The van der Waals surface area contributed by atoms with Gasteiger partial charge in [-0.25, -0.2) is 0 Å². The van der Waals surface area contributed by atoms with Crippen molar-refractivity contribution in [1.82, 2.24) is 9.97 Å². The van der Waals surface area contributed by atoms with Gasteiger partial charge in [0.2, 0.25) is 0 Å². The largest absolute Gasteiger partial charge is 0.506 e. The fourth-order valence-electron chi connectivity index (χ4n) is 2.60. The van der Waals surface area contributed by atoms with Crippen molar-refractivity contribution in [3.63, 3.8) is 0 Å². The summed E-state index contributed by atoms with van der Waals surface area (Å²) in [6, 6.07) is 11.4. The van der Waals surface area contributed by atoms with Crippen molar-refractivity contribution in [3.8, 4) is 11.5 Å². The maximum atomic E-state index is 10.6. The molecule has 0 saturated heterocycles. The molecule has 2 aromatic carbocycles. The molecule has 2 N–H and O–H groups in total. The van der Waals surface area contributed by atoms with Crippen molar-refractivity contribution in [1.29, 1.82) is 0 Å². The van der Waals surface area contributed by atoms with Crippen LogP contribution in [0.3, 0.4) is 0 Å². The average molecular weight is 380 g/mol. The summed E-state index contributed by atoms with van der Waals surface area (Å²) in [6.45, 7) is 0. The number of nitrogens with zero attached hydrogens (tertiary/aromatic N) is 4. The van der Waals surface area contributed by atoms with E-state index in [1.165, 1.54) is 36.7 Å². The Morgan fingerprint density at radius 2 is 1.07 bits per heavy atom. The number of phenolic OH excluding ortho intramolecular Hbond substituents is 2. The highest BCUT2D eigenvalue weighted by Crippen LogP contribution is 2.30. The molecule has 0 amide bonds. The molecule has 10 nitrogen and oxygen atoms in total. The minimum absolute atomic E-state index is 0.0498. The second-order valence-electron chi connectivity index (χ2n) is 5.52. The SMILES string of the molecule is O=[N+]([O-])c1ccc(O)c2ncccc12.O=[N+]([O-])c1ccc(O)c2ncccc12. The molecule has 0 spiro atoms. The van der Waals surface area contributed by atoms with Crippen LogP contribution in [0, 0.1) is 20.2 Å². The van der Waals surface area contributed by atoms with E-state index in [9.17, 15) is 30.4 Å². The predicted octanol–water partition coefficient (Wildman–Crippen LogP) is 3.70. The molecule has 28 heavy (non-hydrogen) atoms. The van der Waals surface area contributed by atoms with E-state index in [-0.39, 0.29) is 33.9 Å². The summed E-state index contributed by atoms with van der Waals surface area (Å²) in [7, 11) is 0. The van der Waals surface area contributed by atoms with Gasteiger partial charge in [-0.15, -0.1) is 0 Å². The predicted molar refractivity (Wildman–Crippen MR) is 100 cm³/mol. The van der Waals surface area contributed by atoms with Gasteiger partial charge in [0.25, 0.3) is 11.4 Å². The van der Waals surface area contributed by atoms with Gasteiger partial charge in [0, 0.05) is 24.5 Å². The molecule has 0 aliphatic heterocycles. The van der Waals surface area contributed by atoms with E-state index in [0.29, 0.717) is 10.8 Å². The van der Waals surface area contributed by atoms with E-state index < -0.39 is 9.85 Å². The number of rotatable bonds is 2. The Kier molecular flexibility index (Phi) is 4.94. The second-order valence-corrected chi connectivity index (χ2v) is 5.52. The Morgan fingerprint density at radius 3 is 1.43 bits per heavy atom. The summed E-state index contributed by atoms with van der Waals surface area (Å²) in [5.74, 6) is -0.0996. The van der Waals surface area contributed by atoms with E-state index in [1.54, 1.807) is 24.3 Å². The lowest BCUT2D eigenvalue weighted by atomic mass is 10.2. The van der Waals surface area contributed by atoms with E-state index in [1.807, 2.05) is 0 Å². The molecule has 4 aromatic rings. The molecule has 0 saturated carbocycles. The monoisotopic (exact) mass is 380 g/mol. The van der Waals surface area contributed by atoms with Crippen LogP contribution in [0.25, 0.3) is 21.8 Å². The van der Waals surface area contributed by atoms with Gasteiger partial charge in [-0.05, 0) is 36.4 Å². The van der Waals surface area contributed by atoms with Crippen molar-refractivity contribution in [2.45, 2.75) is 0 Å². The van der Waals surface area contributed by atoms with Crippen LogP contribution in [0.1, 0.15) is 0 Å². The molecule has 0 unspecified atom stereocenters. The number of hydrogen-bond acceptors (Lipinski definition) is 8. The Hall–Kier alpha value is -4.34. The Balaban J connectivity index is 0.000000161. The maximum Gasteiger partial charge on any atom is 0.279 e. The van der Waals surface area contributed by atoms with Crippen molar-refractivity contribution in [2.75, 3.05) is 0 Å². The maximum absolute atomic E-state index is 10.6. The highest BCUT2D eigenvalue weighted by Gasteiger charge is 2.14. The van der Waals surface area contributed by atoms with Crippen LogP contribution in [0.5, 0.6) is 11.5 Å². The number of fused-ring (bicyclic) bond motifs is 2. The standard InChI is InChI=1S/2C9H6N2O3/c2*12-8-4-3-7(11(13)14)6-2-1-5-10-9(6)8/h2*1-5,12H. The number of aromatic nitrogens is 2. The molecule has 4 rings (SSSR count). The number of phenols is 2. The molecule has 0 bridgehead atoms. The summed E-state index contributed by atoms with van der Waals surface area (Å²) in [4.78, 5) is 28.0. The third-order valence-electron chi connectivity index (χ3n) is 3.84.